The summed E-state index contributed by atoms with van der Waals surface area (Å²) in [6.07, 6.45) is 1.38. The molecule has 9 heteroatoms. The molecule has 9 nitrogen and oxygen atoms in total. The van der Waals surface area contributed by atoms with Crippen molar-refractivity contribution in [3.63, 3.8) is 0 Å². The van der Waals surface area contributed by atoms with Crippen LogP contribution in [-0.4, -0.2) is 22.3 Å². The molecule has 2 aromatic carbocycles. The van der Waals surface area contributed by atoms with Gasteiger partial charge in [-0.15, -0.1) is 5.53 Å². The van der Waals surface area contributed by atoms with Crippen LogP contribution in [0.2, 0.25) is 0 Å². The Morgan fingerprint density at radius 2 is 1.59 bits per heavy atom. The summed E-state index contributed by atoms with van der Waals surface area (Å²) in [5, 5.41) is 1.91. The first-order chi connectivity index (χ1) is 13.1. The topological polar surface area (TPSA) is 118 Å². The Kier molecular flexibility index (Phi) is 5.24. The lowest BCUT2D eigenvalue weighted by molar-refractivity contribution is -0.108. The number of hydrogen-bond donors (Lipinski definition) is 3. The molecule has 1 heterocycles. The van der Waals surface area contributed by atoms with E-state index in [1.54, 1.807) is 60.7 Å². The van der Waals surface area contributed by atoms with Crippen molar-refractivity contribution in [2.75, 3.05) is 10.0 Å². The van der Waals surface area contributed by atoms with Crippen LogP contribution in [0.5, 0.6) is 0 Å². The maximum absolute atomic E-state index is 12.9. The second kappa shape index (κ2) is 7.93. The smallest absolute Gasteiger partial charge is 0.312 e. The summed E-state index contributed by atoms with van der Waals surface area (Å²) >= 11 is 0. The minimum atomic E-state index is -0.793. The first-order valence-electron chi connectivity index (χ1n) is 7.87. The minimum Gasteiger partial charge on any atom is -0.312 e. The number of nitrogens with one attached hydrogen (secondary N) is 3. The number of amides is 2. The molecule has 1 aromatic heterocycles. The molecule has 0 spiro atoms. The molecule has 0 saturated carbocycles. The number of aromatic amines is 2. The normalized spacial score (nSPS) is 10.2. The Labute approximate surface area is 152 Å². The maximum atomic E-state index is 12.9. The summed E-state index contributed by atoms with van der Waals surface area (Å²) in [6.45, 7) is 0. The van der Waals surface area contributed by atoms with Crippen molar-refractivity contribution in [1.29, 1.82) is 0 Å². The second-order valence-electron chi connectivity index (χ2n) is 5.37. The number of nitrogens with zero attached hydrogens (tertiary/aromatic N) is 2. The number of carbonyl (C=O) groups is 2. The van der Waals surface area contributed by atoms with Gasteiger partial charge >= 0.3 is 5.69 Å². The van der Waals surface area contributed by atoms with Gasteiger partial charge in [-0.05, 0) is 24.3 Å². The Morgan fingerprint density at radius 3 is 2.19 bits per heavy atom. The van der Waals surface area contributed by atoms with Crippen LogP contribution in [0, 0.1) is 0 Å². The number of aromatic nitrogens is 2. The van der Waals surface area contributed by atoms with Crippen LogP contribution in [0.4, 0.5) is 11.4 Å². The molecule has 0 bridgehead atoms. The van der Waals surface area contributed by atoms with Gasteiger partial charge in [0.25, 0.3) is 11.5 Å². The van der Waals surface area contributed by atoms with Gasteiger partial charge in [-0.2, -0.15) is 0 Å². The van der Waals surface area contributed by atoms with Gasteiger partial charge in [0.1, 0.15) is 5.69 Å². The van der Waals surface area contributed by atoms with Crippen LogP contribution in [0.25, 0.3) is 0 Å². The number of benzene rings is 2. The lowest BCUT2D eigenvalue weighted by Crippen LogP contribution is -2.54. The third kappa shape index (κ3) is 3.99. The van der Waals surface area contributed by atoms with Gasteiger partial charge in [-0.1, -0.05) is 36.4 Å². The SMILES string of the molecule is O=CN(NN(C(=O)c1ccccc1)c1ccccc1)c1c[nH]c(=O)[nH]c1=O. The van der Waals surface area contributed by atoms with E-state index in [0.29, 0.717) is 17.7 Å². The lowest BCUT2D eigenvalue weighted by atomic mass is 10.2. The number of H-pyrrole nitrogens is 2. The van der Waals surface area contributed by atoms with Gasteiger partial charge in [0.15, 0.2) is 0 Å². The predicted molar refractivity (Wildman–Crippen MR) is 99.1 cm³/mol. The summed E-state index contributed by atoms with van der Waals surface area (Å²) in [6, 6.07) is 17.0. The number of hydrogen-bond acceptors (Lipinski definition) is 5. The fraction of sp³-hybridized carbons (Fsp3) is 0. The lowest BCUT2D eigenvalue weighted by Gasteiger charge is -2.28. The zero-order valence-corrected chi connectivity index (χ0v) is 14.0. The average Bonchev–Trinajstić information content (AvgIpc) is 2.70. The van der Waals surface area contributed by atoms with Crippen molar-refractivity contribution in [1.82, 2.24) is 15.5 Å². The first kappa shape index (κ1) is 17.8. The van der Waals surface area contributed by atoms with Crippen LogP contribution < -0.4 is 26.8 Å². The molecular formula is C18H15N5O4. The third-order valence-electron chi connectivity index (χ3n) is 3.61. The van der Waals surface area contributed by atoms with E-state index in [0.717, 1.165) is 16.2 Å². The van der Waals surface area contributed by atoms with Crippen molar-refractivity contribution < 1.29 is 9.59 Å². The van der Waals surface area contributed by atoms with Gasteiger partial charge in [-0.3, -0.25) is 19.4 Å². The Morgan fingerprint density at radius 1 is 0.963 bits per heavy atom. The monoisotopic (exact) mass is 365 g/mol. The first-order valence-corrected chi connectivity index (χ1v) is 7.87. The summed E-state index contributed by atoms with van der Waals surface area (Å²) in [5.41, 5.74) is 1.72. The highest BCUT2D eigenvalue weighted by Crippen LogP contribution is 2.16. The molecule has 0 atom stereocenters. The highest BCUT2D eigenvalue weighted by Gasteiger charge is 2.21. The van der Waals surface area contributed by atoms with Crippen molar-refractivity contribution in [3.8, 4) is 0 Å². The summed E-state index contributed by atoms with van der Waals surface area (Å²) in [7, 11) is 0. The van der Waals surface area contributed by atoms with Crippen molar-refractivity contribution in [2.45, 2.75) is 0 Å². The molecule has 3 rings (SSSR count). The fourth-order valence-corrected chi connectivity index (χ4v) is 2.33. The molecule has 27 heavy (non-hydrogen) atoms. The molecule has 3 aromatic rings. The number of para-hydroxylation sites is 1. The van der Waals surface area contributed by atoms with Gasteiger partial charge in [0.05, 0.1) is 5.69 Å². The molecule has 0 radical (unpaired) electrons. The Bertz CT molecular complexity index is 1050. The van der Waals surface area contributed by atoms with E-state index in [-0.39, 0.29) is 5.69 Å². The van der Waals surface area contributed by atoms with Crippen LogP contribution in [0.15, 0.2) is 76.4 Å². The second-order valence-corrected chi connectivity index (χ2v) is 5.37. The quantitative estimate of drug-likeness (QED) is 0.441. The third-order valence-corrected chi connectivity index (χ3v) is 3.61. The van der Waals surface area contributed by atoms with Crippen LogP contribution in [0.3, 0.4) is 0 Å². The van der Waals surface area contributed by atoms with E-state index in [1.165, 1.54) is 0 Å². The number of anilines is 2. The zero-order chi connectivity index (χ0) is 19.2. The molecule has 0 saturated heterocycles. The van der Waals surface area contributed by atoms with Crippen molar-refractivity contribution in [2.24, 2.45) is 0 Å². The maximum Gasteiger partial charge on any atom is 0.325 e. The largest absolute Gasteiger partial charge is 0.325 e. The number of carbonyl (C=O) groups excluding carboxylic acids is 2. The average molecular weight is 365 g/mol. The molecule has 0 fully saturated rings. The molecule has 0 aliphatic carbocycles. The van der Waals surface area contributed by atoms with Crippen molar-refractivity contribution in [3.05, 3.63) is 93.3 Å². The highest BCUT2D eigenvalue weighted by atomic mass is 16.2. The van der Waals surface area contributed by atoms with Gasteiger partial charge in [-0.25, -0.2) is 14.8 Å². The molecule has 0 unspecified atom stereocenters. The van der Waals surface area contributed by atoms with Crippen LogP contribution in [0.1, 0.15) is 10.4 Å². The molecule has 3 N–H and O–H groups in total. The Hall–Kier alpha value is -3.98. The molecule has 2 amide bonds. The van der Waals surface area contributed by atoms with Gasteiger partial charge in [0.2, 0.25) is 6.41 Å². The van der Waals surface area contributed by atoms with E-state index in [4.69, 9.17) is 0 Å². The van der Waals surface area contributed by atoms with Crippen molar-refractivity contribution >= 4 is 23.7 Å². The molecule has 0 aliphatic rings. The molecule has 0 aliphatic heterocycles. The Balaban J connectivity index is 2.00. The van der Waals surface area contributed by atoms with Gasteiger partial charge in [0, 0.05) is 11.8 Å². The zero-order valence-electron chi connectivity index (χ0n) is 14.0. The van der Waals surface area contributed by atoms with Gasteiger partial charge < -0.3 is 4.98 Å². The predicted octanol–water partition coefficient (Wildman–Crippen LogP) is 0.793. The minimum absolute atomic E-state index is 0.189. The van der Waals surface area contributed by atoms with E-state index < -0.39 is 17.2 Å². The fourth-order valence-electron chi connectivity index (χ4n) is 2.33. The summed E-state index contributed by atoms with van der Waals surface area (Å²) in [5.74, 6) is -0.450. The van der Waals surface area contributed by atoms with Crippen LogP contribution >= 0.6 is 0 Å². The summed E-state index contributed by atoms with van der Waals surface area (Å²) < 4.78 is 0. The van der Waals surface area contributed by atoms with E-state index in [1.807, 2.05) is 4.98 Å². The molecular weight excluding hydrogens is 350 g/mol. The number of hydrazine groups is 2. The molecule has 136 valence electrons. The van der Waals surface area contributed by atoms with E-state index >= 15 is 0 Å². The highest BCUT2D eigenvalue weighted by molar-refractivity contribution is 6.05. The van der Waals surface area contributed by atoms with Crippen LogP contribution in [-0.2, 0) is 4.79 Å². The number of rotatable bonds is 6. The van der Waals surface area contributed by atoms with E-state index in [9.17, 15) is 19.2 Å². The standard InChI is InChI=1S/C18H15N5O4/c24-12-22(15-11-19-18(27)20-16(15)25)21-23(14-9-5-2-6-10-14)17(26)13-7-3-1-4-8-13/h1-12,21H,(H2,19,20,25,27). The summed E-state index contributed by atoms with van der Waals surface area (Å²) in [4.78, 5) is 52.0. The van der Waals surface area contributed by atoms with E-state index in [2.05, 4.69) is 10.5 Å².